The van der Waals surface area contributed by atoms with E-state index in [2.05, 4.69) is 5.32 Å². The molecule has 4 nitrogen and oxygen atoms in total. The van der Waals surface area contributed by atoms with E-state index in [9.17, 15) is 9.59 Å². The van der Waals surface area contributed by atoms with Gasteiger partial charge < -0.3 is 10.1 Å². The summed E-state index contributed by atoms with van der Waals surface area (Å²) >= 11 is 0. The molecule has 0 fully saturated rings. The molecule has 1 amide bonds. The molecule has 0 heterocycles. The first-order chi connectivity index (χ1) is 10.5. The van der Waals surface area contributed by atoms with E-state index < -0.39 is 6.10 Å². The van der Waals surface area contributed by atoms with Gasteiger partial charge in [-0.05, 0) is 50.6 Å². The van der Waals surface area contributed by atoms with Crippen LogP contribution in [-0.4, -0.2) is 17.8 Å². The second-order valence-electron chi connectivity index (χ2n) is 5.20. The van der Waals surface area contributed by atoms with E-state index in [1.54, 1.807) is 31.2 Å². The highest BCUT2D eigenvalue weighted by molar-refractivity contribution is 5.95. The number of hydrogen-bond acceptors (Lipinski definition) is 3. The zero-order valence-corrected chi connectivity index (χ0v) is 12.9. The van der Waals surface area contributed by atoms with Crippen molar-refractivity contribution < 1.29 is 14.3 Å². The summed E-state index contributed by atoms with van der Waals surface area (Å²) in [6.07, 6.45) is -0.664. The van der Waals surface area contributed by atoms with E-state index in [-0.39, 0.29) is 11.7 Å². The SMILES string of the molecule is CC(=O)c1cccc(O[C@H](C)C(=O)Nc2cccc(C)c2)c1. The van der Waals surface area contributed by atoms with Crippen LogP contribution in [0.25, 0.3) is 0 Å². The number of carbonyl (C=O) groups is 2. The molecule has 2 rings (SSSR count). The van der Waals surface area contributed by atoms with Gasteiger partial charge in [0.2, 0.25) is 0 Å². The van der Waals surface area contributed by atoms with Crippen molar-refractivity contribution in [1.82, 2.24) is 0 Å². The van der Waals surface area contributed by atoms with Crippen LogP contribution < -0.4 is 10.1 Å². The van der Waals surface area contributed by atoms with Gasteiger partial charge in [0.15, 0.2) is 11.9 Å². The van der Waals surface area contributed by atoms with Gasteiger partial charge in [-0.1, -0.05) is 24.3 Å². The molecule has 2 aromatic rings. The normalized spacial score (nSPS) is 11.6. The molecule has 2 aromatic carbocycles. The van der Waals surface area contributed by atoms with Crippen molar-refractivity contribution in [2.45, 2.75) is 26.9 Å². The maximum atomic E-state index is 12.1. The van der Waals surface area contributed by atoms with E-state index in [0.29, 0.717) is 11.3 Å². The Hall–Kier alpha value is -2.62. The summed E-state index contributed by atoms with van der Waals surface area (Å²) in [7, 11) is 0. The lowest BCUT2D eigenvalue weighted by Gasteiger charge is -2.15. The molecule has 114 valence electrons. The Morgan fingerprint density at radius 1 is 1.09 bits per heavy atom. The largest absolute Gasteiger partial charge is 0.481 e. The fraction of sp³-hybridized carbons (Fsp3) is 0.222. The molecule has 0 spiro atoms. The molecule has 22 heavy (non-hydrogen) atoms. The van der Waals surface area contributed by atoms with E-state index in [0.717, 1.165) is 11.3 Å². The summed E-state index contributed by atoms with van der Waals surface area (Å²) in [4.78, 5) is 23.5. The van der Waals surface area contributed by atoms with Gasteiger partial charge in [0.05, 0.1) is 0 Å². The third-order valence-corrected chi connectivity index (χ3v) is 3.21. The number of amides is 1. The molecule has 0 radical (unpaired) electrons. The fourth-order valence-corrected chi connectivity index (χ4v) is 2.01. The van der Waals surface area contributed by atoms with Crippen molar-refractivity contribution >= 4 is 17.4 Å². The number of carbonyl (C=O) groups excluding carboxylic acids is 2. The lowest BCUT2D eigenvalue weighted by atomic mass is 10.1. The summed E-state index contributed by atoms with van der Waals surface area (Å²) in [5.74, 6) is 0.223. The third kappa shape index (κ3) is 4.19. The average molecular weight is 297 g/mol. The number of hydrogen-bond donors (Lipinski definition) is 1. The number of rotatable bonds is 5. The molecular weight excluding hydrogens is 278 g/mol. The zero-order chi connectivity index (χ0) is 16.1. The first-order valence-electron chi connectivity index (χ1n) is 7.11. The average Bonchev–Trinajstić information content (AvgIpc) is 2.47. The van der Waals surface area contributed by atoms with Gasteiger partial charge in [0.1, 0.15) is 5.75 Å². The Kier molecular flexibility index (Phi) is 4.94. The van der Waals surface area contributed by atoms with Crippen molar-refractivity contribution in [1.29, 1.82) is 0 Å². The maximum absolute atomic E-state index is 12.1. The predicted molar refractivity (Wildman–Crippen MR) is 86.3 cm³/mol. The number of benzene rings is 2. The van der Waals surface area contributed by atoms with Crippen molar-refractivity contribution in [3.63, 3.8) is 0 Å². The number of Topliss-reactive ketones (excluding diaryl/α,β-unsaturated/α-hetero) is 1. The first kappa shape index (κ1) is 15.8. The molecule has 4 heteroatoms. The summed E-state index contributed by atoms with van der Waals surface area (Å²) < 4.78 is 5.61. The van der Waals surface area contributed by atoms with Crippen molar-refractivity contribution in [3.8, 4) is 5.75 Å². The van der Waals surface area contributed by atoms with Crippen LogP contribution in [0.1, 0.15) is 29.8 Å². The van der Waals surface area contributed by atoms with Crippen LogP contribution in [0, 0.1) is 6.92 Å². The Morgan fingerprint density at radius 3 is 2.50 bits per heavy atom. The minimum Gasteiger partial charge on any atom is -0.481 e. The second-order valence-corrected chi connectivity index (χ2v) is 5.20. The van der Waals surface area contributed by atoms with Crippen LogP contribution >= 0.6 is 0 Å². The van der Waals surface area contributed by atoms with E-state index in [4.69, 9.17) is 4.74 Å². The van der Waals surface area contributed by atoms with Crippen LogP contribution in [0.5, 0.6) is 5.75 Å². The van der Waals surface area contributed by atoms with Gasteiger partial charge in [0, 0.05) is 11.3 Å². The summed E-state index contributed by atoms with van der Waals surface area (Å²) in [6.45, 7) is 5.13. The molecule has 0 aromatic heterocycles. The van der Waals surface area contributed by atoms with Crippen LogP contribution in [-0.2, 0) is 4.79 Å². The van der Waals surface area contributed by atoms with E-state index in [1.807, 2.05) is 31.2 Å². The summed E-state index contributed by atoms with van der Waals surface area (Å²) in [5, 5.41) is 2.81. The lowest BCUT2D eigenvalue weighted by molar-refractivity contribution is -0.122. The molecule has 0 aliphatic heterocycles. The van der Waals surface area contributed by atoms with Gasteiger partial charge in [-0.3, -0.25) is 9.59 Å². The number of ketones is 1. The van der Waals surface area contributed by atoms with Crippen molar-refractivity contribution in [3.05, 3.63) is 59.7 Å². The number of anilines is 1. The first-order valence-corrected chi connectivity index (χ1v) is 7.11. The number of nitrogens with one attached hydrogen (secondary N) is 1. The molecule has 0 unspecified atom stereocenters. The lowest BCUT2D eigenvalue weighted by Crippen LogP contribution is -2.30. The van der Waals surface area contributed by atoms with Crippen LogP contribution in [0.2, 0.25) is 0 Å². The Labute approximate surface area is 130 Å². The van der Waals surface area contributed by atoms with Crippen molar-refractivity contribution in [2.24, 2.45) is 0 Å². The predicted octanol–water partition coefficient (Wildman–Crippen LogP) is 3.60. The molecule has 0 saturated heterocycles. The molecule has 0 bridgehead atoms. The van der Waals surface area contributed by atoms with Crippen LogP contribution in [0.15, 0.2) is 48.5 Å². The van der Waals surface area contributed by atoms with Crippen LogP contribution in [0.3, 0.4) is 0 Å². The smallest absolute Gasteiger partial charge is 0.265 e. The minimum absolute atomic E-state index is 0.0395. The monoisotopic (exact) mass is 297 g/mol. The molecule has 1 atom stereocenters. The molecular formula is C18H19NO3. The topological polar surface area (TPSA) is 55.4 Å². The zero-order valence-electron chi connectivity index (χ0n) is 12.9. The maximum Gasteiger partial charge on any atom is 0.265 e. The van der Waals surface area contributed by atoms with Gasteiger partial charge in [-0.2, -0.15) is 0 Å². The van der Waals surface area contributed by atoms with Gasteiger partial charge in [-0.25, -0.2) is 0 Å². The van der Waals surface area contributed by atoms with Crippen molar-refractivity contribution in [2.75, 3.05) is 5.32 Å². The Balaban J connectivity index is 2.02. The molecule has 0 saturated carbocycles. The highest BCUT2D eigenvalue weighted by Crippen LogP contribution is 2.16. The van der Waals surface area contributed by atoms with Crippen LogP contribution in [0.4, 0.5) is 5.69 Å². The van der Waals surface area contributed by atoms with Gasteiger partial charge >= 0.3 is 0 Å². The van der Waals surface area contributed by atoms with Gasteiger partial charge in [0.25, 0.3) is 5.91 Å². The number of aryl methyl sites for hydroxylation is 1. The molecule has 1 N–H and O–H groups in total. The van der Waals surface area contributed by atoms with E-state index >= 15 is 0 Å². The van der Waals surface area contributed by atoms with Gasteiger partial charge in [-0.15, -0.1) is 0 Å². The summed E-state index contributed by atoms with van der Waals surface area (Å²) in [5.41, 5.74) is 2.36. The quantitative estimate of drug-likeness (QED) is 0.858. The standard InChI is InChI=1S/C18H19NO3/c1-12-6-4-8-16(10-12)19-18(21)14(3)22-17-9-5-7-15(11-17)13(2)20/h4-11,14H,1-3H3,(H,19,21)/t14-/m1/s1. The highest BCUT2D eigenvalue weighted by atomic mass is 16.5. The highest BCUT2D eigenvalue weighted by Gasteiger charge is 2.15. The molecule has 0 aliphatic carbocycles. The molecule has 0 aliphatic rings. The Bertz CT molecular complexity index is 694. The number of ether oxygens (including phenoxy) is 1. The fourth-order valence-electron chi connectivity index (χ4n) is 2.01. The third-order valence-electron chi connectivity index (χ3n) is 3.21. The second kappa shape index (κ2) is 6.89. The van der Waals surface area contributed by atoms with E-state index in [1.165, 1.54) is 6.92 Å². The Morgan fingerprint density at radius 2 is 1.82 bits per heavy atom. The summed E-state index contributed by atoms with van der Waals surface area (Å²) in [6, 6.07) is 14.4. The minimum atomic E-state index is -0.664.